The standard InChI is InChI=1S/C14H13NO5.C14H15NO3.CH4O/c1-18-10-7-8-11(15(16)17)14(9-10)20-13-6-4-3-5-12(13)19-2;1-16-10-7-8-11(15)14(9-10)18-13-6-4-3-5-12(13)17-2;1-2/h3-9H,1-2H3;3-9H,15H2,1-2H3;2H,1H3. The third kappa shape index (κ3) is 8.43. The van der Waals surface area contributed by atoms with Gasteiger partial charge in [-0.25, -0.2) is 0 Å². The van der Waals surface area contributed by atoms with Crippen molar-refractivity contribution in [2.45, 2.75) is 0 Å². The molecule has 0 saturated carbocycles. The van der Waals surface area contributed by atoms with E-state index in [-0.39, 0.29) is 11.4 Å². The number of nitrogen functional groups attached to an aromatic ring is 1. The molecule has 40 heavy (non-hydrogen) atoms. The summed E-state index contributed by atoms with van der Waals surface area (Å²) < 4.78 is 31.9. The minimum atomic E-state index is -0.510. The Hall–Kier alpha value is -5.16. The molecular weight excluding hydrogens is 520 g/mol. The smallest absolute Gasteiger partial charge is 0.311 e. The van der Waals surface area contributed by atoms with Gasteiger partial charge >= 0.3 is 5.69 Å². The summed E-state index contributed by atoms with van der Waals surface area (Å²) in [6.07, 6.45) is 0. The molecule has 0 aliphatic heterocycles. The molecule has 4 aromatic rings. The lowest BCUT2D eigenvalue weighted by atomic mass is 10.2. The second-order valence-electron chi connectivity index (χ2n) is 7.50. The summed E-state index contributed by atoms with van der Waals surface area (Å²) in [5, 5.41) is 18.0. The third-order valence-corrected chi connectivity index (χ3v) is 5.16. The van der Waals surface area contributed by atoms with Gasteiger partial charge in [0.2, 0.25) is 5.75 Å². The van der Waals surface area contributed by atoms with Crippen LogP contribution >= 0.6 is 0 Å². The third-order valence-electron chi connectivity index (χ3n) is 5.16. The molecule has 0 bridgehead atoms. The van der Waals surface area contributed by atoms with Gasteiger partial charge in [-0.05, 0) is 42.5 Å². The van der Waals surface area contributed by atoms with Crippen LogP contribution < -0.4 is 34.2 Å². The quantitative estimate of drug-likeness (QED) is 0.142. The van der Waals surface area contributed by atoms with Crippen LogP contribution in [0.25, 0.3) is 0 Å². The summed E-state index contributed by atoms with van der Waals surface area (Å²) >= 11 is 0. The van der Waals surface area contributed by atoms with Crippen LogP contribution in [0.2, 0.25) is 0 Å². The number of nitro groups is 1. The molecule has 212 valence electrons. The number of methoxy groups -OCH3 is 4. The number of nitrogens with two attached hydrogens (primary N) is 1. The number of hydrogen-bond acceptors (Lipinski definition) is 10. The second kappa shape index (κ2) is 15.9. The van der Waals surface area contributed by atoms with E-state index in [0.717, 1.165) is 7.11 Å². The topological polar surface area (TPSA) is 145 Å². The molecule has 0 aliphatic rings. The molecule has 0 aromatic heterocycles. The first-order valence-corrected chi connectivity index (χ1v) is 11.7. The molecule has 0 spiro atoms. The molecule has 0 radical (unpaired) electrons. The number of aliphatic hydroxyl groups excluding tert-OH is 1. The fourth-order valence-electron chi connectivity index (χ4n) is 3.23. The number of rotatable bonds is 9. The van der Waals surface area contributed by atoms with Crippen molar-refractivity contribution in [1.29, 1.82) is 0 Å². The second-order valence-corrected chi connectivity index (χ2v) is 7.50. The Morgan fingerprint density at radius 3 is 1.48 bits per heavy atom. The number of hydrogen-bond donors (Lipinski definition) is 2. The molecule has 4 rings (SSSR count). The fraction of sp³-hybridized carbons (Fsp3) is 0.172. The first-order chi connectivity index (χ1) is 19.4. The summed E-state index contributed by atoms with van der Waals surface area (Å²) in [5.74, 6) is 3.95. The minimum Gasteiger partial charge on any atom is -0.497 e. The van der Waals surface area contributed by atoms with Crippen LogP contribution in [0.3, 0.4) is 0 Å². The summed E-state index contributed by atoms with van der Waals surface area (Å²) in [7, 11) is 7.17. The van der Waals surface area contributed by atoms with Crippen molar-refractivity contribution in [1.82, 2.24) is 0 Å². The van der Waals surface area contributed by atoms with Crippen LogP contribution in [0.1, 0.15) is 0 Å². The first-order valence-electron chi connectivity index (χ1n) is 11.7. The fourth-order valence-corrected chi connectivity index (χ4v) is 3.23. The Bertz CT molecular complexity index is 1380. The van der Waals surface area contributed by atoms with Gasteiger partial charge in [0, 0.05) is 25.3 Å². The summed E-state index contributed by atoms with van der Waals surface area (Å²) in [5.41, 5.74) is 6.26. The molecule has 11 heteroatoms. The van der Waals surface area contributed by atoms with Gasteiger partial charge in [-0.15, -0.1) is 0 Å². The van der Waals surface area contributed by atoms with E-state index < -0.39 is 4.92 Å². The van der Waals surface area contributed by atoms with E-state index >= 15 is 0 Å². The molecule has 0 amide bonds. The highest BCUT2D eigenvalue weighted by atomic mass is 16.6. The Balaban J connectivity index is 0.000000265. The monoisotopic (exact) mass is 552 g/mol. The molecule has 0 atom stereocenters. The molecule has 0 unspecified atom stereocenters. The van der Waals surface area contributed by atoms with Gasteiger partial charge in [-0.2, -0.15) is 0 Å². The van der Waals surface area contributed by atoms with Gasteiger partial charge in [0.1, 0.15) is 11.5 Å². The normalized spacial score (nSPS) is 9.55. The number of para-hydroxylation sites is 4. The number of anilines is 1. The maximum absolute atomic E-state index is 11.0. The van der Waals surface area contributed by atoms with E-state index in [1.54, 1.807) is 56.7 Å². The maximum Gasteiger partial charge on any atom is 0.311 e. The Morgan fingerprint density at radius 2 is 1.02 bits per heavy atom. The van der Waals surface area contributed by atoms with Crippen molar-refractivity contribution < 1.29 is 38.5 Å². The summed E-state index contributed by atoms with van der Waals surface area (Å²) in [4.78, 5) is 10.5. The average molecular weight is 553 g/mol. The SMILES string of the molecule is CO.COc1ccc(N)c(Oc2ccccc2OC)c1.COc1ccc([N+](=O)[O-])c(Oc2ccccc2OC)c1. The predicted octanol–water partition coefficient (Wildman–Crippen LogP) is 6.09. The lowest BCUT2D eigenvalue weighted by Gasteiger charge is -2.12. The number of ether oxygens (including phenoxy) is 6. The molecule has 11 nitrogen and oxygen atoms in total. The Morgan fingerprint density at radius 1 is 0.600 bits per heavy atom. The van der Waals surface area contributed by atoms with Gasteiger partial charge in [0.15, 0.2) is 28.7 Å². The average Bonchev–Trinajstić information content (AvgIpc) is 3.00. The van der Waals surface area contributed by atoms with E-state index in [1.807, 2.05) is 24.3 Å². The van der Waals surface area contributed by atoms with Gasteiger partial charge in [-0.3, -0.25) is 10.1 Å². The van der Waals surface area contributed by atoms with Gasteiger partial charge < -0.3 is 39.3 Å². The highest BCUT2D eigenvalue weighted by Gasteiger charge is 2.18. The first kappa shape index (κ1) is 31.1. The molecular formula is C29H32N2O9. The lowest BCUT2D eigenvalue weighted by Crippen LogP contribution is -1.96. The summed E-state index contributed by atoms with van der Waals surface area (Å²) in [6.45, 7) is 0. The number of nitrogens with zero attached hydrogens (tertiary/aromatic N) is 1. The van der Waals surface area contributed by atoms with Crippen molar-refractivity contribution in [2.24, 2.45) is 0 Å². The summed E-state index contributed by atoms with van der Waals surface area (Å²) in [6, 6.07) is 23.9. The van der Waals surface area contributed by atoms with Crippen molar-refractivity contribution in [3.63, 3.8) is 0 Å². The zero-order valence-electron chi connectivity index (χ0n) is 22.8. The van der Waals surface area contributed by atoms with Crippen molar-refractivity contribution in [3.8, 4) is 46.0 Å². The molecule has 3 N–H and O–H groups in total. The van der Waals surface area contributed by atoms with Crippen LogP contribution in [0.5, 0.6) is 46.0 Å². The zero-order valence-corrected chi connectivity index (χ0v) is 22.8. The van der Waals surface area contributed by atoms with E-state index in [4.69, 9.17) is 39.3 Å². The number of aliphatic hydroxyl groups is 1. The Kier molecular flexibility index (Phi) is 12.4. The molecule has 0 fully saturated rings. The molecule has 0 saturated heterocycles. The molecule has 0 heterocycles. The zero-order chi connectivity index (χ0) is 29.5. The predicted molar refractivity (Wildman–Crippen MR) is 151 cm³/mol. The minimum absolute atomic E-state index is 0.0962. The Labute approximate surface area is 232 Å². The van der Waals surface area contributed by atoms with Crippen LogP contribution in [0, 0.1) is 10.1 Å². The van der Waals surface area contributed by atoms with E-state index in [9.17, 15) is 10.1 Å². The maximum atomic E-state index is 11.0. The molecule has 4 aromatic carbocycles. The van der Waals surface area contributed by atoms with Crippen LogP contribution in [0.4, 0.5) is 11.4 Å². The van der Waals surface area contributed by atoms with Crippen LogP contribution in [0.15, 0.2) is 84.9 Å². The van der Waals surface area contributed by atoms with Crippen molar-refractivity contribution >= 4 is 11.4 Å². The van der Waals surface area contributed by atoms with Crippen LogP contribution in [-0.4, -0.2) is 45.6 Å². The number of nitro benzene ring substituents is 1. The van der Waals surface area contributed by atoms with Gasteiger partial charge in [0.05, 0.1) is 39.0 Å². The highest BCUT2D eigenvalue weighted by molar-refractivity contribution is 5.58. The van der Waals surface area contributed by atoms with E-state index in [0.29, 0.717) is 45.9 Å². The van der Waals surface area contributed by atoms with Crippen LogP contribution in [-0.2, 0) is 0 Å². The number of benzene rings is 4. The van der Waals surface area contributed by atoms with Crippen molar-refractivity contribution in [3.05, 3.63) is 95.0 Å². The molecule has 0 aliphatic carbocycles. The van der Waals surface area contributed by atoms with E-state index in [1.165, 1.54) is 32.4 Å². The largest absolute Gasteiger partial charge is 0.497 e. The highest BCUT2D eigenvalue weighted by Crippen LogP contribution is 2.38. The lowest BCUT2D eigenvalue weighted by molar-refractivity contribution is -0.385. The van der Waals surface area contributed by atoms with Gasteiger partial charge in [-0.1, -0.05) is 24.3 Å². The van der Waals surface area contributed by atoms with E-state index in [2.05, 4.69) is 0 Å². The van der Waals surface area contributed by atoms with Crippen molar-refractivity contribution in [2.75, 3.05) is 41.3 Å². The van der Waals surface area contributed by atoms with Gasteiger partial charge in [0.25, 0.3) is 0 Å².